The fourth-order valence-corrected chi connectivity index (χ4v) is 3.12. The number of nitrogens with one attached hydrogen (secondary N) is 1. The molecule has 0 aliphatic heterocycles. The maximum absolute atomic E-state index is 12.5. The Morgan fingerprint density at radius 2 is 1.78 bits per heavy atom. The van der Waals surface area contributed by atoms with E-state index < -0.39 is 5.91 Å². The minimum Gasteiger partial charge on any atom is -0.490 e. The first-order chi connectivity index (χ1) is 15.5. The van der Waals surface area contributed by atoms with Gasteiger partial charge in [-0.15, -0.1) is 0 Å². The monoisotopic (exact) mass is 466 g/mol. The molecule has 0 bridgehead atoms. The summed E-state index contributed by atoms with van der Waals surface area (Å²) in [5, 5.41) is 12.8. The molecule has 0 fully saturated rings. The molecule has 0 radical (unpaired) electrons. The highest BCUT2D eigenvalue weighted by Crippen LogP contribution is 2.30. The lowest BCUT2D eigenvalue weighted by molar-refractivity contribution is -0.112. The standard InChI is InChI=1S/C25H20Cl2N2O3/c1-2-31-24-13-18(8-11-23(24)32-16-17-6-4-3-5-7-17)12-19(15-28)25(30)29-20-9-10-21(26)22(27)14-20/h3-14H,2,16H2,1H3,(H,29,30)/b19-12-. The van der Waals surface area contributed by atoms with Crippen LogP contribution in [-0.2, 0) is 11.4 Å². The number of carbonyl (C=O) groups excluding carboxylic acids is 1. The predicted molar refractivity (Wildman–Crippen MR) is 127 cm³/mol. The molecule has 5 nitrogen and oxygen atoms in total. The van der Waals surface area contributed by atoms with E-state index in [-0.39, 0.29) is 5.57 Å². The zero-order chi connectivity index (χ0) is 22.9. The first-order valence-corrected chi connectivity index (χ1v) is 10.6. The van der Waals surface area contributed by atoms with Gasteiger partial charge >= 0.3 is 0 Å². The Morgan fingerprint density at radius 3 is 2.47 bits per heavy atom. The van der Waals surface area contributed by atoms with Crippen LogP contribution in [0.1, 0.15) is 18.1 Å². The molecular formula is C25H20Cl2N2O3. The molecule has 0 saturated heterocycles. The van der Waals surface area contributed by atoms with E-state index in [1.54, 1.807) is 30.3 Å². The van der Waals surface area contributed by atoms with Gasteiger partial charge in [-0.2, -0.15) is 5.26 Å². The molecule has 162 valence electrons. The molecule has 1 N–H and O–H groups in total. The molecular weight excluding hydrogens is 447 g/mol. The average molecular weight is 467 g/mol. The summed E-state index contributed by atoms with van der Waals surface area (Å²) in [6, 6.07) is 21.6. The molecule has 0 unspecified atom stereocenters. The second kappa shape index (κ2) is 11.2. The molecule has 3 aromatic carbocycles. The van der Waals surface area contributed by atoms with Gasteiger partial charge in [0.25, 0.3) is 5.91 Å². The number of amides is 1. The number of nitrogens with zero attached hydrogens (tertiary/aromatic N) is 1. The van der Waals surface area contributed by atoms with Gasteiger partial charge in [-0.1, -0.05) is 59.6 Å². The quantitative estimate of drug-likeness (QED) is 0.303. The summed E-state index contributed by atoms with van der Waals surface area (Å²) >= 11 is 11.9. The summed E-state index contributed by atoms with van der Waals surface area (Å²) in [6.45, 7) is 2.71. The van der Waals surface area contributed by atoms with Crippen molar-refractivity contribution in [3.8, 4) is 17.6 Å². The Morgan fingerprint density at radius 1 is 1.00 bits per heavy atom. The van der Waals surface area contributed by atoms with E-state index in [2.05, 4.69) is 5.32 Å². The van der Waals surface area contributed by atoms with Gasteiger partial charge in [0.05, 0.1) is 16.7 Å². The van der Waals surface area contributed by atoms with Crippen LogP contribution in [0.25, 0.3) is 6.08 Å². The maximum atomic E-state index is 12.5. The van der Waals surface area contributed by atoms with Crippen LogP contribution in [0.15, 0.2) is 72.3 Å². The molecule has 32 heavy (non-hydrogen) atoms. The van der Waals surface area contributed by atoms with Crippen LogP contribution >= 0.6 is 23.2 Å². The van der Waals surface area contributed by atoms with Crippen LogP contribution in [0.3, 0.4) is 0 Å². The number of anilines is 1. The highest BCUT2D eigenvalue weighted by atomic mass is 35.5. The third-order valence-electron chi connectivity index (χ3n) is 4.36. The van der Waals surface area contributed by atoms with Gasteiger partial charge in [0.2, 0.25) is 0 Å². The maximum Gasteiger partial charge on any atom is 0.266 e. The normalized spacial score (nSPS) is 10.9. The number of hydrogen-bond donors (Lipinski definition) is 1. The molecule has 0 atom stereocenters. The smallest absolute Gasteiger partial charge is 0.266 e. The Hall–Kier alpha value is -3.46. The Balaban J connectivity index is 1.78. The second-order valence-corrected chi connectivity index (χ2v) is 7.48. The lowest BCUT2D eigenvalue weighted by Crippen LogP contribution is -2.13. The van der Waals surface area contributed by atoms with E-state index >= 15 is 0 Å². The van der Waals surface area contributed by atoms with E-state index in [9.17, 15) is 10.1 Å². The molecule has 1 amide bonds. The summed E-state index contributed by atoms with van der Waals surface area (Å²) < 4.78 is 11.6. The molecule has 0 saturated carbocycles. The highest BCUT2D eigenvalue weighted by molar-refractivity contribution is 6.42. The summed E-state index contributed by atoms with van der Waals surface area (Å²) in [5.41, 5.74) is 2.02. The van der Waals surface area contributed by atoms with Gasteiger partial charge in [-0.3, -0.25) is 4.79 Å². The van der Waals surface area contributed by atoms with Crippen molar-refractivity contribution in [3.63, 3.8) is 0 Å². The number of hydrogen-bond acceptors (Lipinski definition) is 4. The van der Waals surface area contributed by atoms with Crippen LogP contribution < -0.4 is 14.8 Å². The van der Waals surface area contributed by atoms with Crippen LogP contribution in [0, 0.1) is 11.3 Å². The van der Waals surface area contributed by atoms with E-state index in [1.807, 2.05) is 43.3 Å². The van der Waals surface area contributed by atoms with Crippen molar-refractivity contribution < 1.29 is 14.3 Å². The van der Waals surface area contributed by atoms with Crippen LogP contribution in [0.5, 0.6) is 11.5 Å². The van der Waals surface area contributed by atoms with Gasteiger partial charge in [0.1, 0.15) is 18.2 Å². The van der Waals surface area contributed by atoms with Gasteiger partial charge < -0.3 is 14.8 Å². The molecule has 0 aliphatic rings. The number of ether oxygens (including phenoxy) is 2. The largest absolute Gasteiger partial charge is 0.490 e. The predicted octanol–water partition coefficient (Wildman–Crippen LogP) is 6.52. The van der Waals surface area contributed by atoms with Crippen molar-refractivity contribution in [2.75, 3.05) is 11.9 Å². The van der Waals surface area contributed by atoms with Crippen molar-refractivity contribution >= 4 is 40.9 Å². The Bertz CT molecular complexity index is 1170. The fourth-order valence-electron chi connectivity index (χ4n) is 2.82. The summed E-state index contributed by atoms with van der Waals surface area (Å²) in [6.07, 6.45) is 1.48. The minimum atomic E-state index is -0.562. The topological polar surface area (TPSA) is 71.3 Å². The van der Waals surface area contributed by atoms with Crippen LogP contribution in [0.4, 0.5) is 5.69 Å². The molecule has 0 aromatic heterocycles. The van der Waals surface area contributed by atoms with E-state index in [0.29, 0.717) is 46.0 Å². The molecule has 7 heteroatoms. The second-order valence-electron chi connectivity index (χ2n) is 6.67. The zero-order valence-corrected chi connectivity index (χ0v) is 18.8. The molecule has 3 aromatic rings. The Kier molecular flexibility index (Phi) is 8.15. The van der Waals surface area contributed by atoms with Gasteiger partial charge in [-0.25, -0.2) is 0 Å². The number of nitriles is 1. The third kappa shape index (κ3) is 6.27. The SMILES string of the molecule is CCOc1cc(/C=C(/C#N)C(=O)Nc2ccc(Cl)c(Cl)c2)ccc1OCc1ccccc1. The molecule has 0 heterocycles. The number of halogens is 2. The first-order valence-electron chi connectivity index (χ1n) is 9.82. The van der Waals surface area contributed by atoms with Gasteiger partial charge in [0.15, 0.2) is 11.5 Å². The van der Waals surface area contributed by atoms with Crippen molar-refractivity contribution in [1.29, 1.82) is 5.26 Å². The Labute approximate surface area is 196 Å². The molecule has 0 spiro atoms. The highest BCUT2D eigenvalue weighted by Gasteiger charge is 2.12. The van der Waals surface area contributed by atoms with Crippen LogP contribution in [0.2, 0.25) is 10.0 Å². The molecule has 0 aliphatic carbocycles. The van der Waals surface area contributed by atoms with E-state index in [4.69, 9.17) is 32.7 Å². The van der Waals surface area contributed by atoms with Gasteiger partial charge in [0, 0.05) is 5.69 Å². The lowest BCUT2D eigenvalue weighted by atomic mass is 10.1. The summed E-state index contributed by atoms with van der Waals surface area (Å²) in [7, 11) is 0. The number of benzene rings is 3. The van der Waals surface area contributed by atoms with Crippen molar-refractivity contribution in [2.45, 2.75) is 13.5 Å². The van der Waals surface area contributed by atoms with Crippen molar-refractivity contribution in [1.82, 2.24) is 0 Å². The summed E-state index contributed by atoms with van der Waals surface area (Å²) in [4.78, 5) is 12.5. The van der Waals surface area contributed by atoms with E-state index in [1.165, 1.54) is 12.1 Å². The number of rotatable bonds is 8. The minimum absolute atomic E-state index is 0.0727. The molecule has 3 rings (SSSR count). The summed E-state index contributed by atoms with van der Waals surface area (Å²) in [5.74, 6) is 0.541. The first kappa shape index (κ1) is 23.2. The lowest BCUT2D eigenvalue weighted by Gasteiger charge is -2.13. The average Bonchev–Trinajstić information content (AvgIpc) is 2.80. The van der Waals surface area contributed by atoms with Crippen LogP contribution in [-0.4, -0.2) is 12.5 Å². The van der Waals surface area contributed by atoms with Crippen molar-refractivity contribution in [3.05, 3.63) is 93.5 Å². The zero-order valence-electron chi connectivity index (χ0n) is 17.3. The van der Waals surface area contributed by atoms with Gasteiger partial charge in [-0.05, 0) is 54.5 Å². The third-order valence-corrected chi connectivity index (χ3v) is 5.10. The van der Waals surface area contributed by atoms with E-state index in [0.717, 1.165) is 5.56 Å². The fraction of sp³-hybridized carbons (Fsp3) is 0.120. The van der Waals surface area contributed by atoms with Crippen molar-refractivity contribution in [2.24, 2.45) is 0 Å². The number of carbonyl (C=O) groups is 1.